The number of carbonyl (C=O) groups excluding carboxylic acids is 1. The summed E-state index contributed by atoms with van der Waals surface area (Å²) in [7, 11) is 0. The van der Waals surface area contributed by atoms with Crippen LogP contribution < -0.4 is 15.8 Å². The highest BCUT2D eigenvalue weighted by Crippen LogP contribution is 2.38. The van der Waals surface area contributed by atoms with E-state index in [1.165, 1.54) is 29.8 Å². The molecule has 4 heterocycles. The second-order valence-electron chi connectivity index (χ2n) is 7.60. The highest BCUT2D eigenvalue weighted by molar-refractivity contribution is 5.75. The van der Waals surface area contributed by atoms with Crippen molar-refractivity contribution < 1.29 is 4.79 Å². The van der Waals surface area contributed by atoms with E-state index >= 15 is 0 Å². The molecular formula is C19H22N8O2. The lowest BCUT2D eigenvalue weighted by Gasteiger charge is -2.15. The zero-order valence-corrected chi connectivity index (χ0v) is 16.0. The van der Waals surface area contributed by atoms with E-state index < -0.39 is 0 Å². The summed E-state index contributed by atoms with van der Waals surface area (Å²) in [4.78, 5) is 31.0. The van der Waals surface area contributed by atoms with Crippen LogP contribution in [0.25, 0.3) is 5.65 Å². The van der Waals surface area contributed by atoms with Gasteiger partial charge in [-0.2, -0.15) is 4.52 Å². The Bertz CT molecular complexity index is 1110. The van der Waals surface area contributed by atoms with Gasteiger partial charge in [0.2, 0.25) is 5.91 Å². The average Bonchev–Trinajstić information content (AvgIpc) is 3.27. The van der Waals surface area contributed by atoms with E-state index in [1.54, 1.807) is 4.52 Å². The fraction of sp³-hybridized carbons (Fsp3) is 0.474. The summed E-state index contributed by atoms with van der Waals surface area (Å²) in [6, 6.07) is 5.36. The van der Waals surface area contributed by atoms with Crippen molar-refractivity contribution in [2.75, 3.05) is 18.0 Å². The van der Waals surface area contributed by atoms with Gasteiger partial charge < -0.3 is 10.2 Å². The van der Waals surface area contributed by atoms with E-state index in [1.807, 2.05) is 12.1 Å². The Morgan fingerprint density at radius 2 is 2.00 bits per heavy atom. The molecular weight excluding hydrogens is 372 g/mol. The van der Waals surface area contributed by atoms with Gasteiger partial charge in [-0.3, -0.25) is 14.2 Å². The lowest BCUT2D eigenvalue weighted by atomic mass is 10.3. The van der Waals surface area contributed by atoms with E-state index in [-0.39, 0.29) is 24.6 Å². The number of nitrogens with one attached hydrogen (secondary N) is 1. The average molecular weight is 394 g/mol. The van der Waals surface area contributed by atoms with Gasteiger partial charge in [-0.05, 0) is 37.8 Å². The number of fused-ring (bicyclic) bond motifs is 1. The van der Waals surface area contributed by atoms with Gasteiger partial charge in [0.05, 0.1) is 18.6 Å². The number of hydrogen-bond donors (Lipinski definition) is 1. The summed E-state index contributed by atoms with van der Waals surface area (Å²) < 4.78 is 2.97. The van der Waals surface area contributed by atoms with Crippen molar-refractivity contribution >= 4 is 17.4 Å². The minimum atomic E-state index is -0.291. The molecule has 150 valence electrons. The first kappa shape index (κ1) is 17.8. The molecule has 2 fully saturated rings. The van der Waals surface area contributed by atoms with Gasteiger partial charge in [0.25, 0.3) is 5.56 Å². The minimum Gasteiger partial charge on any atom is -0.355 e. The molecule has 1 N–H and O–H groups in total. The molecule has 5 rings (SSSR count). The molecule has 0 unspecified atom stereocenters. The van der Waals surface area contributed by atoms with Crippen molar-refractivity contribution in [2.24, 2.45) is 0 Å². The van der Waals surface area contributed by atoms with Gasteiger partial charge in [-0.25, -0.2) is 4.98 Å². The van der Waals surface area contributed by atoms with Crippen molar-refractivity contribution in [3.63, 3.8) is 0 Å². The number of rotatable bonds is 6. The van der Waals surface area contributed by atoms with Crippen LogP contribution in [-0.4, -0.2) is 48.4 Å². The molecule has 1 saturated carbocycles. The van der Waals surface area contributed by atoms with Gasteiger partial charge in [0, 0.05) is 25.1 Å². The lowest BCUT2D eigenvalue weighted by Crippen LogP contribution is -2.32. The number of hydrogen-bond acceptors (Lipinski definition) is 7. The first-order valence-corrected chi connectivity index (χ1v) is 9.97. The number of aromatic nitrogens is 6. The van der Waals surface area contributed by atoms with E-state index in [4.69, 9.17) is 0 Å². The Hall–Kier alpha value is -3.30. The second-order valence-corrected chi connectivity index (χ2v) is 7.60. The number of carbonyl (C=O) groups is 1. The number of amides is 1. The van der Waals surface area contributed by atoms with Crippen molar-refractivity contribution in [2.45, 2.75) is 44.7 Å². The van der Waals surface area contributed by atoms with Crippen molar-refractivity contribution in [3.05, 3.63) is 46.4 Å². The normalized spacial score (nSPS) is 16.5. The largest absolute Gasteiger partial charge is 0.355 e. The zero-order valence-electron chi connectivity index (χ0n) is 16.0. The van der Waals surface area contributed by atoms with Gasteiger partial charge in [0.1, 0.15) is 12.4 Å². The molecule has 10 heteroatoms. The summed E-state index contributed by atoms with van der Waals surface area (Å²) in [5.74, 6) is 1.55. The SMILES string of the molecule is O=C(Cn1cnc(C2CC2)cc1=O)NCc1nnc2ccc(N3CCCC3)nn12. The monoisotopic (exact) mass is 394 g/mol. The Balaban J connectivity index is 1.25. The highest BCUT2D eigenvalue weighted by Gasteiger charge is 2.25. The van der Waals surface area contributed by atoms with Crippen LogP contribution in [0.3, 0.4) is 0 Å². The summed E-state index contributed by atoms with van der Waals surface area (Å²) >= 11 is 0. The van der Waals surface area contributed by atoms with Gasteiger partial charge in [-0.15, -0.1) is 15.3 Å². The fourth-order valence-corrected chi connectivity index (χ4v) is 3.60. The highest BCUT2D eigenvalue weighted by atomic mass is 16.2. The summed E-state index contributed by atoms with van der Waals surface area (Å²) in [5, 5.41) is 15.7. The van der Waals surface area contributed by atoms with E-state index in [9.17, 15) is 9.59 Å². The first-order chi connectivity index (χ1) is 14.2. The quantitative estimate of drug-likeness (QED) is 0.647. The van der Waals surface area contributed by atoms with Crippen LogP contribution in [0.15, 0.2) is 29.3 Å². The molecule has 1 aliphatic carbocycles. The Morgan fingerprint density at radius 1 is 1.17 bits per heavy atom. The van der Waals surface area contributed by atoms with E-state index in [0.29, 0.717) is 17.4 Å². The van der Waals surface area contributed by atoms with Crippen LogP contribution in [-0.2, 0) is 17.9 Å². The fourth-order valence-electron chi connectivity index (χ4n) is 3.60. The smallest absolute Gasteiger partial charge is 0.254 e. The summed E-state index contributed by atoms with van der Waals surface area (Å²) in [5.41, 5.74) is 1.25. The van der Waals surface area contributed by atoms with Crippen molar-refractivity contribution in [1.82, 2.24) is 34.7 Å². The maximum atomic E-state index is 12.3. The molecule has 3 aromatic rings. The maximum absolute atomic E-state index is 12.3. The van der Waals surface area contributed by atoms with Crippen molar-refractivity contribution in [1.29, 1.82) is 0 Å². The molecule has 3 aromatic heterocycles. The van der Waals surface area contributed by atoms with Gasteiger partial charge in [-0.1, -0.05) is 0 Å². The summed E-state index contributed by atoms with van der Waals surface area (Å²) in [6.07, 6.45) is 5.95. The third kappa shape index (κ3) is 3.69. The topological polar surface area (TPSA) is 110 Å². The van der Waals surface area contributed by atoms with Crippen LogP contribution >= 0.6 is 0 Å². The predicted octanol–water partition coefficient (Wildman–Crippen LogP) is 0.475. The van der Waals surface area contributed by atoms with Gasteiger partial charge in [0.15, 0.2) is 11.5 Å². The molecule has 0 atom stereocenters. The van der Waals surface area contributed by atoms with Crippen LogP contribution in [0.5, 0.6) is 0 Å². The number of nitrogens with zero attached hydrogens (tertiary/aromatic N) is 7. The second kappa shape index (κ2) is 7.26. The standard InChI is InChI=1S/C19H22N8O2/c28-18(11-26-12-21-14(9-19(26)29)13-3-4-13)20-10-17-23-22-15-5-6-16(24-27(15)17)25-7-1-2-8-25/h5-6,9,12-13H,1-4,7-8,10-11H2,(H,20,28). The third-order valence-electron chi connectivity index (χ3n) is 5.40. The van der Waals surface area contributed by atoms with Crippen molar-refractivity contribution in [3.8, 4) is 0 Å². The molecule has 1 amide bonds. The molecule has 0 spiro atoms. The first-order valence-electron chi connectivity index (χ1n) is 9.97. The third-order valence-corrected chi connectivity index (χ3v) is 5.40. The molecule has 1 aliphatic heterocycles. The van der Waals surface area contributed by atoms with Crippen LogP contribution in [0.1, 0.15) is 43.1 Å². The minimum absolute atomic E-state index is 0.0834. The van der Waals surface area contributed by atoms with Crippen LogP contribution in [0.2, 0.25) is 0 Å². The lowest BCUT2D eigenvalue weighted by molar-refractivity contribution is -0.121. The molecule has 0 aromatic carbocycles. The Labute approximate surface area is 166 Å². The van der Waals surface area contributed by atoms with Crippen LogP contribution in [0, 0.1) is 0 Å². The van der Waals surface area contributed by atoms with E-state index in [2.05, 4.69) is 30.5 Å². The Morgan fingerprint density at radius 3 is 2.76 bits per heavy atom. The molecule has 2 aliphatic rings. The molecule has 10 nitrogen and oxygen atoms in total. The van der Waals surface area contributed by atoms with E-state index in [0.717, 1.165) is 37.4 Å². The molecule has 0 radical (unpaired) electrons. The Kier molecular flexibility index (Phi) is 4.45. The van der Waals surface area contributed by atoms with Gasteiger partial charge >= 0.3 is 0 Å². The number of anilines is 1. The maximum Gasteiger partial charge on any atom is 0.254 e. The molecule has 29 heavy (non-hydrogen) atoms. The molecule has 1 saturated heterocycles. The summed E-state index contributed by atoms with van der Waals surface area (Å²) in [6.45, 7) is 2.09. The predicted molar refractivity (Wildman–Crippen MR) is 105 cm³/mol. The van der Waals surface area contributed by atoms with Crippen LogP contribution in [0.4, 0.5) is 5.82 Å². The molecule has 0 bridgehead atoms. The zero-order chi connectivity index (χ0) is 19.8.